The van der Waals surface area contributed by atoms with Gasteiger partial charge in [0, 0.05) is 7.05 Å². The molecule has 2 heterocycles. The number of nitrogens with zero attached hydrogens (tertiary/aromatic N) is 4. The van der Waals surface area contributed by atoms with Crippen molar-refractivity contribution >= 4 is 27.5 Å². The predicted molar refractivity (Wildman–Crippen MR) is 54.9 cm³/mol. The SMILES string of the molecule is Cn1ncc(Br)c1C(O)c1cnns1. The van der Waals surface area contributed by atoms with Crippen LogP contribution in [0.25, 0.3) is 0 Å². The summed E-state index contributed by atoms with van der Waals surface area (Å²) in [5.74, 6) is 0. The number of halogens is 1. The Balaban J connectivity index is 2.41. The lowest BCUT2D eigenvalue weighted by molar-refractivity contribution is 0.212. The lowest BCUT2D eigenvalue weighted by atomic mass is 10.2. The Bertz CT molecular complexity index is 407. The number of aromatic nitrogens is 4. The molecule has 0 radical (unpaired) electrons. The second-order valence-corrected chi connectivity index (χ2v) is 4.40. The Hall–Kier alpha value is -0.790. The first kappa shape index (κ1) is 9.75. The van der Waals surface area contributed by atoms with E-state index in [9.17, 15) is 5.11 Å². The van der Waals surface area contributed by atoms with Gasteiger partial charge in [-0.25, -0.2) is 0 Å². The number of hydrogen-bond acceptors (Lipinski definition) is 5. The van der Waals surface area contributed by atoms with Crippen LogP contribution in [0.15, 0.2) is 16.9 Å². The maximum absolute atomic E-state index is 9.97. The predicted octanol–water partition coefficient (Wildman–Crippen LogP) is 1.12. The van der Waals surface area contributed by atoms with Crippen LogP contribution in [0.2, 0.25) is 0 Å². The van der Waals surface area contributed by atoms with Crippen LogP contribution in [0.5, 0.6) is 0 Å². The van der Waals surface area contributed by atoms with E-state index >= 15 is 0 Å². The molecule has 0 spiro atoms. The highest BCUT2D eigenvalue weighted by Gasteiger charge is 2.19. The average molecular weight is 275 g/mol. The second-order valence-electron chi connectivity index (χ2n) is 2.72. The van der Waals surface area contributed by atoms with Gasteiger partial charge in [-0.2, -0.15) is 5.10 Å². The zero-order chi connectivity index (χ0) is 10.1. The van der Waals surface area contributed by atoms with E-state index in [4.69, 9.17) is 0 Å². The first-order valence-electron chi connectivity index (χ1n) is 3.83. The molecular weight excluding hydrogens is 268 g/mol. The highest BCUT2D eigenvalue weighted by Crippen LogP contribution is 2.28. The molecule has 1 atom stereocenters. The number of aliphatic hydroxyl groups excluding tert-OH is 1. The fourth-order valence-corrected chi connectivity index (χ4v) is 2.22. The van der Waals surface area contributed by atoms with Gasteiger partial charge in [0.1, 0.15) is 6.10 Å². The summed E-state index contributed by atoms with van der Waals surface area (Å²) >= 11 is 4.50. The van der Waals surface area contributed by atoms with E-state index in [1.54, 1.807) is 24.1 Å². The van der Waals surface area contributed by atoms with Gasteiger partial charge in [0.15, 0.2) is 0 Å². The molecule has 0 saturated heterocycles. The van der Waals surface area contributed by atoms with Gasteiger partial charge >= 0.3 is 0 Å². The normalized spacial score (nSPS) is 13.1. The highest BCUT2D eigenvalue weighted by atomic mass is 79.9. The summed E-state index contributed by atoms with van der Waals surface area (Å²) in [5, 5.41) is 17.7. The molecule has 7 heteroatoms. The molecule has 5 nitrogen and oxygen atoms in total. The van der Waals surface area contributed by atoms with Gasteiger partial charge in [-0.15, -0.1) is 5.10 Å². The van der Waals surface area contributed by atoms with Gasteiger partial charge in [0.25, 0.3) is 0 Å². The number of rotatable bonds is 2. The lowest BCUT2D eigenvalue weighted by Gasteiger charge is -2.08. The smallest absolute Gasteiger partial charge is 0.134 e. The zero-order valence-corrected chi connectivity index (χ0v) is 9.66. The van der Waals surface area contributed by atoms with Crippen LogP contribution in [-0.4, -0.2) is 24.5 Å². The Morgan fingerprint density at radius 1 is 1.57 bits per heavy atom. The van der Waals surface area contributed by atoms with Crippen molar-refractivity contribution in [1.29, 1.82) is 0 Å². The van der Waals surface area contributed by atoms with Gasteiger partial charge in [-0.1, -0.05) is 4.49 Å². The number of aliphatic hydroxyl groups is 1. The largest absolute Gasteiger partial charge is 0.381 e. The molecule has 0 aliphatic rings. The van der Waals surface area contributed by atoms with Gasteiger partial charge in [0.05, 0.1) is 27.4 Å². The summed E-state index contributed by atoms with van der Waals surface area (Å²) in [6.45, 7) is 0. The minimum atomic E-state index is -0.725. The highest BCUT2D eigenvalue weighted by molar-refractivity contribution is 9.10. The van der Waals surface area contributed by atoms with Crippen LogP contribution in [0.3, 0.4) is 0 Å². The van der Waals surface area contributed by atoms with E-state index in [1.165, 1.54) is 11.5 Å². The van der Waals surface area contributed by atoms with Crippen LogP contribution in [0.4, 0.5) is 0 Å². The third-order valence-corrected chi connectivity index (χ3v) is 3.17. The van der Waals surface area contributed by atoms with Crippen molar-refractivity contribution < 1.29 is 5.11 Å². The van der Waals surface area contributed by atoms with Crippen LogP contribution >= 0.6 is 27.5 Å². The standard InChI is InChI=1S/C7H7BrN4OS/c1-12-6(4(8)2-10-12)7(13)5-3-9-11-14-5/h2-3,7,13H,1H3. The Morgan fingerprint density at radius 2 is 2.36 bits per heavy atom. The van der Waals surface area contributed by atoms with Crippen molar-refractivity contribution in [3.63, 3.8) is 0 Å². The molecule has 1 N–H and O–H groups in total. The summed E-state index contributed by atoms with van der Waals surface area (Å²) in [7, 11) is 1.78. The minimum Gasteiger partial charge on any atom is -0.381 e. The van der Waals surface area contributed by atoms with Crippen molar-refractivity contribution in [3.05, 3.63) is 27.4 Å². The van der Waals surface area contributed by atoms with Crippen molar-refractivity contribution in [2.24, 2.45) is 7.05 Å². The topological polar surface area (TPSA) is 63.8 Å². The van der Waals surface area contributed by atoms with Crippen molar-refractivity contribution in [3.8, 4) is 0 Å². The zero-order valence-electron chi connectivity index (χ0n) is 7.25. The van der Waals surface area contributed by atoms with E-state index in [2.05, 4.69) is 30.6 Å². The Kier molecular flexibility index (Phi) is 2.62. The van der Waals surface area contributed by atoms with Crippen LogP contribution in [0.1, 0.15) is 16.7 Å². The molecule has 0 amide bonds. The molecule has 2 aromatic rings. The quantitative estimate of drug-likeness (QED) is 0.892. The summed E-state index contributed by atoms with van der Waals surface area (Å²) in [5.41, 5.74) is 0.705. The second kappa shape index (κ2) is 3.76. The van der Waals surface area contributed by atoms with Crippen molar-refractivity contribution in [2.45, 2.75) is 6.10 Å². The fourth-order valence-electron chi connectivity index (χ4n) is 1.16. The number of aryl methyl sites for hydroxylation is 1. The molecule has 0 bridgehead atoms. The molecule has 0 aliphatic carbocycles. The van der Waals surface area contributed by atoms with Gasteiger partial charge in [0.2, 0.25) is 0 Å². The van der Waals surface area contributed by atoms with Crippen LogP contribution in [0, 0.1) is 0 Å². The first-order valence-corrected chi connectivity index (χ1v) is 5.39. The molecule has 0 aromatic carbocycles. The third-order valence-electron chi connectivity index (χ3n) is 1.84. The molecule has 2 rings (SSSR count). The van der Waals surface area contributed by atoms with Gasteiger partial charge < -0.3 is 5.11 Å². The summed E-state index contributed by atoms with van der Waals surface area (Å²) < 4.78 is 6.10. The monoisotopic (exact) mass is 274 g/mol. The first-order chi connectivity index (χ1) is 6.70. The molecule has 1 unspecified atom stereocenters. The maximum atomic E-state index is 9.97. The lowest BCUT2D eigenvalue weighted by Crippen LogP contribution is -2.05. The molecule has 0 saturated carbocycles. The molecule has 2 aromatic heterocycles. The van der Waals surface area contributed by atoms with E-state index in [1.807, 2.05) is 0 Å². The summed E-state index contributed by atoms with van der Waals surface area (Å²) in [6, 6.07) is 0. The summed E-state index contributed by atoms with van der Waals surface area (Å²) in [4.78, 5) is 0.703. The molecule has 0 fully saturated rings. The van der Waals surface area contributed by atoms with Gasteiger partial charge in [-0.3, -0.25) is 4.68 Å². The minimum absolute atomic E-state index is 0.703. The molecule has 74 valence electrons. The van der Waals surface area contributed by atoms with E-state index in [0.717, 1.165) is 4.47 Å². The Morgan fingerprint density at radius 3 is 2.86 bits per heavy atom. The van der Waals surface area contributed by atoms with Crippen LogP contribution < -0.4 is 0 Å². The van der Waals surface area contributed by atoms with E-state index in [-0.39, 0.29) is 0 Å². The fraction of sp³-hybridized carbons (Fsp3) is 0.286. The van der Waals surface area contributed by atoms with Crippen molar-refractivity contribution in [1.82, 2.24) is 19.4 Å². The van der Waals surface area contributed by atoms with E-state index < -0.39 is 6.10 Å². The Labute approximate surface area is 92.7 Å². The van der Waals surface area contributed by atoms with Crippen molar-refractivity contribution in [2.75, 3.05) is 0 Å². The van der Waals surface area contributed by atoms with Gasteiger partial charge in [-0.05, 0) is 27.5 Å². The third kappa shape index (κ3) is 1.58. The average Bonchev–Trinajstić information content (AvgIpc) is 2.75. The van der Waals surface area contributed by atoms with E-state index in [0.29, 0.717) is 10.6 Å². The molecule has 14 heavy (non-hydrogen) atoms. The molecule has 0 aliphatic heterocycles. The maximum Gasteiger partial charge on any atom is 0.134 e. The molecular formula is C7H7BrN4OS. The summed E-state index contributed by atoms with van der Waals surface area (Å²) in [6.07, 6.45) is 2.47. The number of hydrogen-bond donors (Lipinski definition) is 1. The van der Waals surface area contributed by atoms with Crippen LogP contribution in [-0.2, 0) is 7.05 Å².